The second-order valence-electron chi connectivity index (χ2n) is 5.40. The number of hydrogen-bond donors (Lipinski definition) is 0. The molecule has 1 aliphatic rings. The zero-order chi connectivity index (χ0) is 15.6. The van der Waals surface area contributed by atoms with Crippen LogP contribution in [0, 0.1) is 11.3 Å². The van der Waals surface area contributed by atoms with Crippen molar-refractivity contribution in [3.05, 3.63) is 47.2 Å². The summed E-state index contributed by atoms with van der Waals surface area (Å²) in [6.45, 7) is 0. The fourth-order valence-corrected chi connectivity index (χ4v) is 2.76. The number of nitriles is 1. The lowest BCUT2D eigenvalue weighted by molar-refractivity contribution is -0.0610. The molecule has 22 heavy (non-hydrogen) atoms. The molecule has 0 atom stereocenters. The smallest absolute Gasteiger partial charge is 0.374 e. The van der Waals surface area contributed by atoms with Crippen LogP contribution in [-0.4, -0.2) is 11.6 Å². The fourth-order valence-electron chi connectivity index (χ4n) is 2.53. The molecular weight excluding hydrogens is 302 g/mol. The number of carbonyl (C=O) groups is 1. The first kappa shape index (κ1) is 14.7. The topological polar surface area (TPSA) is 63.2 Å². The molecule has 2 aromatic rings. The van der Waals surface area contributed by atoms with Crippen LogP contribution >= 0.6 is 11.6 Å². The van der Waals surface area contributed by atoms with Crippen molar-refractivity contribution in [3.63, 3.8) is 0 Å². The molecule has 0 bridgehead atoms. The van der Waals surface area contributed by atoms with E-state index in [1.165, 1.54) is 0 Å². The van der Waals surface area contributed by atoms with Crippen LogP contribution in [0.4, 0.5) is 0 Å². The number of carbonyl (C=O) groups excluding carboxylic acids is 1. The van der Waals surface area contributed by atoms with Crippen molar-refractivity contribution in [2.45, 2.75) is 31.3 Å². The molecule has 0 amide bonds. The third kappa shape index (κ3) is 2.72. The average molecular weight is 316 g/mol. The first-order valence-corrected chi connectivity index (χ1v) is 7.46. The number of esters is 1. The van der Waals surface area contributed by atoms with Crippen LogP contribution in [0.3, 0.4) is 0 Å². The summed E-state index contributed by atoms with van der Waals surface area (Å²) in [5, 5.41) is 9.41. The third-order valence-electron chi connectivity index (χ3n) is 3.92. The molecule has 3 rings (SSSR count). The Morgan fingerprint density at radius 2 is 2.09 bits per heavy atom. The minimum Gasteiger partial charge on any atom is -0.452 e. The Morgan fingerprint density at radius 1 is 1.32 bits per heavy atom. The van der Waals surface area contributed by atoms with Crippen molar-refractivity contribution in [1.82, 2.24) is 0 Å². The van der Waals surface area contributed by atoms with Crippen molar-refractivity contribution < 1.29 is 13.9 Å². The molecule has 1 heterocycles. The number of ether oxygens (including phenoxy) is 1. The highest BCUT2D eigenvalue weighted by atomic mass is 35.5. The van der Waals surface area contributed by atoms with E-state index in [0.717, 1.165) is 24.8 Å². The van der Waals surface area contributed by atoms with E-state index in [0.29, 0.717) is 10.8 Å². The lowest BCUT2D eigenvalue weighted by atomic mass is 9.78. The van der Waals surface area contributed by atoms with Gasteiger partial charge in [-0.2, -0.15) is 5.26 Å². The van der Waals surface area contributed by atoms with Crippen LogP contribution in [0.5, 0.6) is 0 Å². The van der Waals surface area contributed by atoms with Gasteiger partial charge in [-0.25, -0.2) is 4.79 Å². The van der Waals surface area contributed by atoms with Gasteiger partial charge in [0.15, 0.2) is 0 Å². The first-order chi connectivity index (χ1) is 10.6. The van der Waals surface area contributed by atoms with E-state index >= 15 is 0 Å². The number of furan rings is 1. The fraction of sp³-hybridized carbons (Fsp3) is 0.294. The van der Waals surface area contributed by atoms with E-state index in [2.05, 4.69) is 6.07 Å². The average Bonchev–Trinajstić information content (AvgIpc) is 2.95. The molecule has 1 aromatic carbocycles. The van der Waals surface area contributed by atoms with Crippen LogP contribution in [-0.2, 0) is 4.74 Å². The summed E-state index contributed by atoms with van der Waals surface area (Å²) in [7, 11) is 0. The van der Waals surface area contributed by atoms with Crippen LogP contribution in [0.25, 0.3) is 11.3 Å². The Kier molecular flexibility index (Phi) is 3.91. The zero-order valence-electron chi connectivity index (χ0n) is 11.8. The molecule has 1 fully saturated rings. The van der Waals surface area contributed by atoms with Crippen LogP contribution in [0.15, 0.2) is 40.8 Å². The summed E-state index contributed by atoms with van der Waals surface area (Å²) in [6, 6.07) is 12.6. The lowest BCUT2D eigenvalue weighted by Gasteiger charge is -2.38. The molecular formula is C17H14ClNO3. The highest BCUT2D eigenvalue weighted by Gasteiger charge is 2.41. The van der Waals surface area contributed by atoms with Crippen molar-refractivity contribution in [2.24, 2.45) is 0 Å². The molecule has 0 spiro atoms. The molecule has 0 radical (unpaired) electrons. The standard InChI is InChI=1S/C17H14ClNO3/c18-13-5-2-1-4-12(13)14-6-7-15(21-14)16(20)22-17(10-11-19)8-3-9-17/h1-2,4-7H,3,8-10H2. The van der Waals surface area contributed by atoms with Gasteiger partial charge in [0.1, 0.15) is 11.4 Å². The predicted octanol–water partition coefficient (Wildman–Crippen LogP) is 4.59. The van der Waals surface area contributed by atoms with E-state index < -0.39 is 11.6 Å². The normalized spacial score (nSPS) is 15.6. The van der Waals surface area contributed by atoms with Crippen molar-refractivity contribution in [3.8, 4) is 17.4 Å². The Hall–Kier alpha value is -2.25. The van der Waals surface area contributed by atoms with Gasteiger partial charge < -0.3 is 9.15 Å². The minimum absolute atomic E-state index is 0.124. The number of halogens is 1. The van der Waals surface area contributed by atoms with Gasteiger partial charge in [-0.3, -0.25) is 0 Å². The third-order valence-corrected chi connectivity index (χ3v) is 4.25. The van der Waals surface area contributed by atoms with E-state index in [9.17, 15) is 4.79 Å². The van der Waals surface area contributed by atoms with Crippen LogP contribution < -0.4 is 0 Å². The quantitative estimate of drug-likeness (QED) is 0.774. The lowest BCUT2D eigenvalue weighted by Crippen LogP contribution is -2.41. The largest absolute Gasteiger partial charge is 0.452 e. The minimum atomic E-state index is -0.636. The summed E-state index contributed by atoms with van der Waals surface area (Å²) in [6.07, 6.45) is 2.64. The molecule has 4 nitrogen and oxygen atoms in total. The van der Waals surface area contributed by atoms with Crippen molar-refractivity contribution >= 4 is 17.6 Å². The Balaban J connectivity index is 1.78. The SMILES string of the molecule is N#CCC1(OC(=O)c2ccc(-c3ccccc3Cl)o2)CCC1. The van der Waals surface area contributed by atoms with Crippen molar-refractivity contribution in [2.75, 3.05) is 0 Å². The highest BCUT2D eigenvalue weighted by Crippen LogP contribution is 2.39. The summed E-state index contributed by atoms with van der Waals surface area (Å²) in [5.41, 5.74) is 0.0852. The van der Waals surface area contributed by atoms with Gasteiger partial charge in [-0.15, -0.1) is 0 Å². The maximum atomic E-state index is 12.2. The van der Waals surface area contributed by atoms with Crippen LogP contribution in [0.1, 0.15) is 36.2 Å². The summed E-state index contributed by atoms with van der Waals surface area (Å²) in [4.78, 5) is 12.2. The van der Waals surface area contributed by atoms with E-state index in [1.54, 1.807) is 18.2 Å². The molecule has 0 saturated heterocycles. The second kappa shape index (κ2) is 5.86. The summed E-state index contributed by atoms with van der Waals surface area (Å²) in [5.74, 6) is 0.105. The Bertz CT molecular complexity index is 740. The van der Waals surface area contributed by atoms with Crippen LogP contribution in [0.2, 0.25) is 5.02 Å². The number of benzene rings is 1. The van der Waals surface area contributed by atoms with Crippen molar-refractivity contribution in [1.29, 1.82) is 5.26 Å². The molecule has 112 valence electrons. The number of nitrogens with zero attached hydrogens (tertiary/aromatic N) is 1. The maximum Gasteiger partial charge on any atom is 0.374 e. The molecule has 1 aromatic heterocycles. The van der Waals surface area contributed by atoms with Gasteiger partial charge in [-0.1, -0.05) is 23.7 Å². The van der Waals surface area contributed by atoms with Gasteiger partial charge in [0.25, 0.3) is 0 Å². The molecule has 0 unspecified atom stereocenters. The maximum absolute atomic E-state index is 12.2. The Morgan fingerprint density at radius 3 is 2.73 bits per heavy atom. The van der Waals surface area contributed by atoms with Gasteiger partial charge in [0.2, 0.25) is 5.76 Å². The molecule has 1 saturated carbocycles. The zero-order valence-corrected chi connectivity index (χ0v) is 12.6. The number of rotatable bonds is 4. The van der Waals surface area contributed by atoms with Gasteiger partial charge in [0.05, 0.1) is 17.5 Å². The second-order valence-corrected chi connectivity index (χ2v) is 5.81. The molecule has 0 N–H and O–H groups in total. The number of hydrogen-bond acceptors (Lipinski definition) is 4. The monoisotopic (exact) mass is 315 g/mol. The van der Waals surface area contributed by atoms with E-state index in [1.807, 2.05) is 18.2 Å². The van der Waals surface area contributed by atoms with E-state index in [-0.39, 0.29) is 12.2 Å². The summed E-state index contributed by atoms with van der Waals surface area (Å²) < 4.78 is 11.1. The van der Waals surface area contributed by atoms with E-state index in [4.69, 9.17) is 26.0 Å². The summed E-state index contributed by atoms with van der Waals surface area (Å²) >= 11 is 6.11. The molecule has 5 heteroatoms. The molecule has 0 aliphatic heterocycles. The molecule has 1 aliphatic carbocycles. The first-order valence-electron chi connectivity index (χ1n) is 7.09. The van der Waals surface area contributed by atoms with Gasteiger partial charge in [0, 0.05) is 5.56 Å². The predicted molar refractivity (Wildman–Crippen MR) is 81.4 cm³/mol. The highest BCUT2D eigenvalue weighted by molar-refractivity contribution is 6.33. The Labute approximate surface area is 133 Å². The van der Waals surface area contributed by atoms with Gasteiger partial charge in [-0.05, 0) is 43.5 Å². The van der Waals surface area contributed by atoms with Gasteiger partial charge >= 0.3 is 5.97 Å².